The Morgan fingerprint density at radius 2 is 2.16 bits per heavy atom. The Hall–Kier alpha value is -1.13. The molecule has 4 nitrogen and oxygen atoms in total. The van der Waals surface area contributed by atoms with Gasteiger partial charge in [0.1, 0.15) is 5.82 Å². The van der Waals surface area contributed by atoms with Crippen LogP contribution in [0.15, 0.2) is 12.1 Å². The molecule has 4 heteroatoms. The van der Waals surface area contributed by atoms with Gasteiger partial charge in [0, 0.05) is 12.2 Å². The lowest BCUT2D eigenvalue weighted by atomic mass is 10.0. The first-order valence-corrected chi connectivity index (χ1v) is 6.91. The minimum Gasteiger partial charge on any atom is -0.392 e. The molecule has 1 aromatic heterocycles. The van der Waals surface area contributed by atoms with Gasteiger partial charge in [-0.15, -0.1) is 0 Å². The highest BCUT2D eigenvalue weighted by Gasteiger charge is 2.31. The van der Waals surface area contributed by atoms with Gasteiger partial charge < -0.3 is 14.7 Å². The van der Waals surface area contributed by atoms with Gasteiger partial charge in [-0.3, -0.25) is 0 Å². The lowest BCUT2D eigenvalue weighted by Gasteiger charge is -2.43. The largest absolute Gasteiger partial charge is 0.392 e. The van der Waals surface area contributed by atoms with Crippen LogP contribution in [0.25, 0.3) is 0 Å². The number of rotatable bonds is 3. The van der Waals surface area contributed by atoms with E-state index in [0.29, 0.717) is 12.5 Å². The summed E-state index contributed by atoms with van der Waals surface area (Å²) in [6.07, 6.45) is 0. The number of morpholine rings is 1. The molecule has 0 amide bonds. The van der Waals surface area contributed by atoms with E-state index < -0.39 is 0 Å². The van der Waals surface area contributed by atoms with E-state index in [-0.39, 0.29) is 12.1 Å². The molecular weight excluding hydrogens is 240 g/mol. The van der Waals surface area contributed by atoms with Gasteiger partial charge in [-0.05, 0) is 37.5 Å². The molecule has 0 spiro atoms. The van der Waals surface area contributed by atoms with Gasteiger partial charge in [0.15, 0.2) is 0 Å². The standard InChI is InChI=1S/C15H24N2O2/c1-11(2)13-7-12(9-18)8-14(16-13)17-5-6-19-10-15(17,3)4/h7-8,11,18H,5-6,9-10H2,1-4H3. The Labute approximate surface area is 115 Å². The number of aliphatic hydroxyl groups is 1. The van der Waals surface area contributed by atoms with Crippen molar-refractivity contribution in [1.29, 1.82) is 0 Å². The zero-order valence-corrected chi connectivity index (χ0v) is 12.3. The number of aromatic nitrogens is 1. The molecule has 0 radical (unpaired) electrons. The third-order valence-corrected chi connectivity index (χ3v) is 3.59. The van der Waals surface area contributed by atoms with Crippen LogP contribution < -0.4 is 4.90 Å². The Morgan fingerprint density at radius 3 is 2.74 bits per heavy atom. The third kappa shape index (κ3) is 3.07. The molecule has 1 aliphatic rings. The summed E-state index contributed by atoms with van der Waals surface area (Å²) >= 11 is 0. The molecule has 0 unspecified atom stereocenters. The van der Waals surface area contributed by atoms with Crippen LogP contribution in [0.5, 0.6) is 0 Å². The normalized spacial score (nSPS) is 18.9. The molecule has 1 aromatic rings. The van der Waals surface area contributed by atoms with Gasteiger partial charge in [-0.1, -0.05) is 13.8 Å². The molecule has 0 atom stereocenters. The van der Waals surface area contributed by atoms with Crippen molar-refractivity contribution in [3.8, 4) is 0 Å². The first-order valence-electron chi connectivity index (χ1n) is 6.91. The van der Waals surface area contributed by atoms with E-state index in [4.69, 9.17) is 9.72 Å². The lowest BCUT2D eigenvalue weighted by Crippen LogP contribution is -2.53. The summed E-state index contributed by atoms with van der Waals surface area (Å²) in [5, 5.41) is 9.43. The monoisotopic (exact) mass is 264 g/mol. The van der Waals surface area contributed by atoms with Crippen LogP contribution in [-0.4, -0.2) is 35.4 Å². The van der Waals surface area contributed by atoms with Crippen LogP contribution >= 0.6 is 0 Å². The molecule has 0 aliphatic carbocycles. The smallest absolute Gasteiger partial charge is 0.129 e. The first-order chi connectivity index (χ1) is 8.94. The van der Waals surface area contributed by atoms with Crippen molar-refractivity contribution in [2.75, 3.05) is 24.7 Å². The maximum Gasteiger partial charge on any atom is 0.129 e. The van der Waals surface area contributed by atoms with E-state index in [1.807, 2.05) is 12.1 Å². The van der Waals surface area contributed by atoms with Crippen LogP contribution in [-0.2, 0) is 11.3 Å². The SMILES string of the molecule is CC(C)c1cc(CO)cc(N2CCOCC2(C)C)n1. The summed E-state index contributed by atoms with van der Waals surface area (Å²) < 4.78 is 5.55. The minimum absolute atomic E-state index is 0.0556. The quantitative estimate of drug-likeness (QED) is 0.910. The van der Waals surface area contributed by atoms with Gasteiger partial charge in [0.25, 0.3) is 0 Å². The molecule has 106 valence electrons. The fraction of sp³-hybridized carbons (Fsp3) is 0.667. The van der Waals surface area contributed by atoms with E-state index in [1.165, 1.54) is 0 Å². The molecule has 2 rings (SSSR count). The van der Waals surface area contributed by atoms with E-state index in [0.717, 1.165) is 30.2 Å². The van der Waals surface area contributed by atoms with Crippen molar-refractivity contribution in [3.63, 3.8) is 0 Å². The molecule has 1 N–H and O–H groups in total. The van der Waals surface area contributed by atoms with Gasteiger partial charge in [0.05, 0.1) is 25.4 Å². The Balaban J connectivity index is 2.40. The molecule has 19 heavy (non-hydrogen) atoms. The Bertz CT molecular complexity index is 444. The van der Waals surface area contributed by atoms with Crippen molar-refractivity contribution >= 4 is 5.82 Å². The van der Waals surface area contributed by atoms with Crippen LogP contribution in [0, 0.1) is 0 Å². The number of hydrogen-bond donors (Lipinski definition) is 1. The molecular formula is C15H24N2O2. The van der Waals surface area contributed by atoms with Crippen molar-refractivity contribution in [2.24, 2.45) is 0 Å². The highest BCUT2D eigenvalue weighted by atomic mass is 16.5. The summed E-state index contributed by atoms with van der Waals surface area (Å²) in [7, 11) is 0. The molecule has 1 aliphatic heterocycles. The predicted octanol–water partition coefficient (Wildman–Crippen LogP) is 2.31. The summed E-state index contributed by atoms with van der Waals surface area (Å²) in [5.41, 5.74) is 1.90. The molecule has 2 heterocycles. The second-order valence-corrected chi connectivity index (χ2v) is 6.09. The van der Waals surface area contributed by atoms with Gasteiger partial charge in [-0.25, -0.2) is 4.98 Å². The van der Waals surface area contributed by atoms with E-state index in [1.54, 1.807) is 0 Å². The summed E-state index contributed by atoms with van der Waals surface area (Å²) in [4.78, 5) is 7.04. The predicted molar refractivity (Wildman–Crippen MR) is 76.5 cm³/mol. The number of ether oxygens (including phenoxy) is 1. The average molecular weight is 264 g/mol. The number of aliphatic hydroxyl groups excluding tert-OH is 1. The molecule has 0 bridgehead atoms. The maximum atomic E-state index is 9.43. The Kier molecular flexibility index (Phi) is 4.11. The number of nitrogens with zero attached hydrogens (tertiary/aromatic N) is 2. The number of hydrogen-bond acceptors (Lipinski definition) is 4. The average Bonchev–Trinajstić information content (AvgIpc) is 2.37. The van der Waals surface area contributed by atoms with Gasteiger partial charge in [0.2, 0.25) is 0 Å². The van der Waals surface area contributed by atoms with E-state index in [9.17, 15) is 5.11 Å². The summed E-state index contributed by atoms with van der Waals surface area (Å²) in [5.74, 6) is 1.30. The van der Waals surface area contributed by atoms with Crippen LogP contribution in [0.2, 0.25) is 0 Å². The molecule has 1 saturated heterocycles. The van der Waals surface area contributed by atoms with Crippen LogP contribution in [0.1, 0.15) is 44.9 Å². The van der Waals surface area contributed by atoms with Crippen molar-refractivity contribution in [1.82, 2.24) is 4.98 Å². The minimum atomic E-state index is -0.0619. The van der Waals surface area contributed by atoms with Gasteiger partial charge in [-0.2, -0.15) is 0 Å². The number of pyridine rings is 1. The summed E-state index contributed by atoms with van der Waals surface area (Å²) in [6.45, 7) is 10.9. The first kappa shape index (κ1) is 14.3. The van der Waals surface area contributed by atoms with E-state index in [2.05, 4.69) is 32.6 Å². The zero-order chi connectivity index (χ0) is 14.0. The molecule has 0 saturated carbocycles. The van der Waals surface area contributed by atoms with Crippen molar-refractivity contribution in [2.45, 2.75) is 45.8 Å². The van der Waals surface area contributed by atoms with Crippen molar-refractivity contribution in [3.05, 3.63) is 23.4 Å². The van der Waals surface area contributed by atoms with Crippen LogP contribution in [0.3, 0.4) is 0 Å². The second-order valence-electron chi connectivity index (χ2n) is 6.09. The maximum absolute atomic E-state index is 9.43. The Morgan fingerprint density at radius 1 is 1.42 bits per heavy atom. The third-order valence-electron chi connectivity index (χ3n) is 3.59. The number of anilines is 1. The highest BCUT2D eigenvalue weighted by molar-refractivity contribution is 5.46. The van der Waals surface area contributed by atoms with E-state index >= 15 is 0 Å². The summed E-state index contributed by atoms with van der Waals surface area (Å²) in [6, 6.07) is 3.97. The zero-order valence-electron chi connectivity index (χ0n) is 12.3. The fourth-order valence-corrected chi connectivity index (χ4v) is 2.40. The molecule has 1 fully saturated rings. The fourth-order valence-electron chi connectivity index (χ4n) is 2.40. The second kappa shape index (κ2) is 5.47. The van der Waals surface area contributed by atoms with Crippen molar-refractivity contribution < 1.29 is 9.84 Å². The highest BCUT2D eigenvalue weighted by Crippen LogP contribution is 2.28. The lowest BCUT2D eigenvalue weighted by molar-refractivity contribution is 0.0638. The van der Waals surface area contributed by atoms with Gasteiger partial charge >= 0.3 is 0 Å². The molecule has 0 aromatic carbocycles. The van der Waals surface area contributed by atoms with Crippen LogP contribution in [0.4, 0.5) is 5.82 Å². The topological polar surface area (TPSA) is 45.6 Å².